The summed E-state index contributed by atoms with van der Waals surface area (Å²) in [7, 11) is 0. The summed E-state index contributed by atoms with van der Waals surface area (Å²) < 4.78 is 11.3. The number of ether oxygens (including phenoxy) is 1. The maximum Gasteiger partial charge on any atom is 0.396 e. The van der Waals surface area contributed by atoms with Gasteiger partial charge in [0, 0.05) is 6.07 Å². The van der Waals surface area contributed by atoms with Crippen molar-refractivity contribution < 1.29 is 13.9 Å². The minimum Gasteiger partial charge on any atom is -0.426 e. The van der Waals surface area contributed by atoms with Crippen LogP contribution in [0.1, 0.15) is 45.4 Å². The lowest BCUT2D eigenvalue weighted by Crippen LogP contribution is -2.25. The third kappa shape index (κ3) is 3.40. The SMILES string of the molecule is CCCC1CCC(C(=O)Oc2ccc3sc(=O)oc3c2)CC1. The van der Waals surface area contributed by atoms with Crippen molar-refractivity contribution in [3.63, 3.8) is 0 Å². The largest absolute Gasteiger partial charge is 0.426 e. The number of benzene rings is 1. The molecule has 5 heteroatoms. The van der Waals surface area contributed by atoms with Gasteiger partial charge in [-0.2, -0.15) is 0 Å². The van der Waals surface area contributed by atoms with Gasteiger partial charge in [-0.25, -0.2) is 4.79 Å². The molecule has 1 heterocycles. The van der Waals surface area contributed by atoms with Crippen molar-refractivity contribution in [2.24, 2.45) is 11.8 Å². The molecule has 1 aromatic carbocycles. The van der Waals surface area contributed by atoms with Crippen molar-refractivity contribution in [1.82, 2.24) is 0 Å². The Bertz CT molecular complexity index is 707. The third-order valence-corrected chi connectivity index (χ3v) is 5.20. The predicted octanol–water partition coefficient (Wildman–Crippen LogP) is 4.37. The van der Waals surface area contributed by atoms with Gasteiger partial charge in [0.2, 0.25) is 0 Å². The molecule has 3 rings (SSSR count). The molecule has 0 amide bonds. The maximum absolute atomic E-state index is 12.3. The van der Waals surface area contributed by atoms with Crippen LogP contribution < -0.4 is 9.68 Å². The van der Waals surface area contributed by atoms with E-state index in [0.29, 0.717) is 11.3 Å². The van der Waals surface area contributed by atoms with E-state index in [1.807, 2.05) is 0 Å². The Morgan fingerprint density at radius 3 is 2.82 bits per heavy atom. The van der Waals surface area contributed by atoms with Gasteiger partial charge in [-0.15, -0.1) is 0 Å². The van der Waals surface area contributed by atoms with Crippen LogP contribution in [-0.2, 0) is 4.79 Å². The molecule has 0 radical (unpaired) electrons. The first-order valence-electron chi connectivity index (χ1n) is 7.91. The number of hydrogen-bond donors (Lipinski definition) is 0. The fourth-order valence-electron chi connectivity index (χ4n) is 3.21. The number of carbonyl (C=O) groups is 1. The van der Waals surface area contributed by atoms with Gasteiger partial charge in [0.05, 0.1) is 10.6 Å². The molecule has 0 bridgehead atoms. The van der Waals surface area contributed by atoms with Gasteiger partial charge in [-0.3, -0.25) is 4.79 Å². The zero-order valence-electron chi connectivity index (χ0n) is 12.7. The van der Waals surface area contributed by atoms with Gasteiger partial charge in [-0.1, -0.05) is 31.1 Å². The molecule has 0 unspecified atom stereocenters. The molecule has 1 saturated carbocycles. The highest BCUT2D eigenvalue weighted by Crippen LogP contribution is 2.32. The van der Waals surface area contributed by atoms with Gasteiger partial charge >= 0.3 is 10.9 Å². The second kappa shape index (κ2) is 6.65. The molecule has 1 aliphatic rings. The van der Waals surface area contributed by atoms with E-state index in [-0.39, 0.29) is 16.8 Å². The summed E-state index contributed by atoms with van der Waals surface area (Å²) in [6.45, 7) is 2.21. The number of fused-ring (bicyclic) bond motifs is 1. The topological polar surface area (TPSA) is 56.5 Å². The van der Waals surface area contributed by atoms with Crippen LogP contribution >= 0.6 is 11.3 Å². The Balaban J connectivity index is 1.62. The molecular formula is C17H20O4S. The summed E-state index contributed by atoms with van der Waals surface area (Å²) in [6.07, 6.45) is 6.54. The first-order valence-corrected chi connectivity index (χ1v) is 8.72. The molecular weight excluding hydrogens is 300 g/mol. The van der Waals surface area contributed by atoms with Crippen LogP contribution in [0.2, 0.25) is 0 Å². The number of carbonyl (C=O) groups excluding carboxylic acids is 1. The van der Waals surface area contributed by atoms with Crippen LogP contribution in [-0.4, -0.2) is 5.97 Å². The molecule has 1 aromatic heterocycles. The first kappa shape index (κ1) is 15.3. The van der Waals surface area contributed by atoms with Crippen molar-refractivity contribution in [3.8, 4) is 5.75 Å². The lowest BCUT2D eigenvalue weighted by molar-refractivity contribution is -0.140. The van der Waals surface area contributed by atoms with E-state index in [1.165, 1.54) is 12.8 Å². The van der Waals surface area contributed by atoms with Crippen molar-refractivity contribution in [1.29, 1.82) is 0 Å². The summed E-state index contributed by atoms with van der Waals surface area (Å²) in [5.74, 6) is 1.06. The van der Waals surface area contributed by atoms with E-state index in [9.17, 15) is 9.59 Å². The maximum atomic E-state index is 12.3. The summed E-state index contributed by atoms with van der Waals surface area (Å²) in [5.41, 5.74) is 0.479. The molecule has 0 atom stereocenters. The standard InChI is InChI=1S/C17H20O4S/c1-2-3-11-4-6-12(7-5-11)16(18)20-13-8-9-15-14(10-13)21-17(19)22-15/h8-12H,2-7H2,1H3. The van der Waals surface area contributed by atoms with Crippen LogP contribution in [0.3, 0.4) is 0 Å². The molecule has 2 aromatic rings. The minimum absolute atomic E-state index is 0.00159. The highest BCUT2D eigenvalue weighted by molar-refractivity contribution is 7.16. The van der Waals surface area contributed by atoms with Crippen LogP contribution in [0.15, 0.2) is 27.4 Å². The molecule has 1 aliphatic carbocycles. The summed E-state index contributed by atoms with van der Waals surface area (Å²) in [5, 5.41) is 0. The zero-order valence-corrected chi connectivity index (χ0v) is 13.5. The Morgan fingerprint density at radius 1 is 1.32 bits per heavy atom. The molecule has 0 spiro atoms. The summed E-state index contributed by atoms with van der Waals surface area (Å²) in [4.78, 5) is 23.1. The normalized spacial score (nSPS) is 21.9. The van der Waals surface area contributed by atoms with Gasteiger partial charge < -0.3 is 9.15 Å². The van der Waals surface area contributed by atoms with Crippen molar-refractivity contribution >= 4 is 27.6 Å². The van der Waals surface area contributed by atoms with Crippen molar-refractivity contribution in [2.45, 2.75) is 45.4 Å². The van der Waals surface area contributed by atoms with Crippen LogP contribution in [0.4, 0.5) is 0 Å². The van der Waals surface area contributed by atoms with E-state index in [2.05, 4.69) is 6.92 Å². The Kier molecular flexibility index (Phi) is 4.62. The lowest BCUT2D eigenvalue weighted by atomic mass is 9.80. The summed E-state index contributed by atoms with van der Waals surface area (Å²) >= 11 is 1.05. The molecule has 22 heavy (non-hydrogen) atoms. The van der Waals surface area contributed by atoms with E-state index in [4.69, 9.17) is 9.15 Å². The van der Waals surface area contributed by atoms with E-state index in [0.717, 1.165) is 47.6 Å². The van der Waals surface area contributed by atoms with Gasteiger partial charge in [0.15, 0.2) is 5.58 Å². The van der Waals surface area contributed by atoms with Gasteiger partial charge in [0.1, 0.15) is 5.75 Å². The number of esters is 1. The monoisotopic (exact) mass is 320 g/mol. The average molecular weight is 320 g/mol. The quantitative estimate of drug-likeness (QED) is 0.620. The second-order valence-electron chi connectivity index (χ2n) is 5.99. The fourth-order valence-corrected chi connectivity index (χ4v) is 3.86. The molecule has 1 fully saturated rings. The van der Waals surface area contributed by atoms with Gasteiger partial charge in [-0.05, 0) is 43.7 Å². The highest BCUT2D eigenvalue weighted by Gasteiger charge is 2.27. The molecule has 4 nitrogen and oxygen atoms in total. The zero-order chi connectivity index (χ0) is 15.5. The molecule has 0 aliphatic heterocycles. The highest BCUT2D eigenvalue weighted by atomic mass is 32.1. The number of hydrogen-bond acceptors (Lipinski definition) is 5. The Hall–Kier alpha value is -1.62. The van der Waals surface area contributed by atoms with Crippen molar-refractivity contribution in [2.75, 3.05) is 0 Å². The lowest BCUT2D eigenvalue weighted by Gasteiger charge is -2.26. The van der Waals surface area contributed by atoms with E-state index < -0.39 is 0 Å². The predicted molar refractivity (Wildman–Crippen MR) is 86.4 cm³/mol. The second-order valence-corrected chi connectivity index (χ2v) is 6.97. The van der Waals surface area contributed by atoms with E-state index in [1.54, 1.807) is 18.2 Å². The fraction of sp³-hybridized carbons (Fsp3) is 0.529. The Labute approximate surface area is 133 Å². The molecule has 0 saturated heterocycles. The average Bonchev–Trinajstić information content (AvgIpc) is 2.87. The van der Waals surface area contributed by atoms with Crippen molar-refractivity contribution in [3.05, 3.63) is 27.9 Å². The first-order chi connectivity index (χ1) is 10.7. The Morgan fingerprint density at radius 2 is 2.09 bits per heavy atom. The van der Waals surface area contributed by atoms with E-state index >= 15 is 0 Å². The van der Waals surface area contributed by atoms with Crippen LogP contribution in [0, 0.1) is 11.8 Å². The summed E-state index contributed by atoms with van der Waals surface area (Å²) in [6, 6.07) is 5.09. The van der Waals surface area contributed by atoms with Crippen LogP contribution in [0.5, 0.6) is 5.75 Å². The smallest absolute Gasteiger partial charge is 0.396 e. The minimum atomic E-state index is -0.340. The number of rotatable bonds is 4. The molecule has 0 N–H and O–H groups in total. The van der Waals surface area contributed by atoms with Crippen LogP contribution in [0.25, 0.3) is 10.3 Å². The third-order valence-electron chi connectivity index (χ3n) is 4.40. The molecule has 118 valence electrons. The van der Waals surface area contributed by atoms with Gasteiger partial charge in [0.25, 0.3) is 0 Å².